The quantitative estimate of drug-likeness (QED) is 0.753. The zero-order valence-corrected chi connectivity index (χ0v) is 16.3. The van der Waals surface area contributed by atoms with Crippen LogP contribution in [0.3, 0.4) is 0 Å². The number of halogens is 1. The Hall–Kier alpha value is -2.53. The van der Waals surface area contributed by atoms with Crippen LogP contribution in [0.5, 0.6) is 5.75 Å². The van der Waals surface area contributed by atoms with E-state index in [1.54, 1.807) is 32.0 Å². The first-order valence-corrected chi connectivity index (χ1v) is 8.56. The normalized spacial score (nSPS) is 11.0. The number of hydrogen-bond acceptors (Lipinski definition) is 3. The van der Waals surface area contributed by atoms with Gasteiger partial charge in [-0.05, 0) is 57.0 Å². The molecule has 2 aromatic rings. The van der Waals surface area contributed by atoms with Crippen molar-refractivity contribution in [2.75, 3.05) is 17.7 Å². The number of aryl methyl sites for hydroxylation is 2. The summed E-state index contributed by atoms with van der Waals surface area (Å²) < 4.78 is 5.26. The molecule has 0 fully saturated rings. The van der Waals surface area contributed by atoms with Crippen molar-refractivity contribution in [3.63, 3.8) is 0 Å². The van der Waals surface area contributed by atoms with Gasteiger partial charge >= 0.3 is 0 Å². The van der Waals surface area contributed by atoms with Gasteiger partial charge in [0, 0.05) is 16.8 Å². The number of hydrogen-bond donors (Lipinski definition) is 2. The maximum Gasteiger partial charge on any atom is 0.239 e. The van der Waals surface area contributed by atoms with Crippen LogP contribution >= 0.6 is 11.6 Å². The first kappa shape index (κ1) is 19.8. The molecule has 0 saturated carbocycles. The van der Waals surface area contributed by atoms with Gasteiger partial charge in [-0.25, -0.2) is 0 Å². The molecule has 0 bridgehead atoms. The number of methoxy groups -OCH3 is 1. The summed E-state index contributed by atoms with van der Waals surface area (Å²) in [7, 11) is 1.49. The summed E-state index contributed by atoms with van der Waals surface area (Å²) in [6, 6.07) is 10.8. The van der Waals surface area contributed by atoms with E-state index < -0.39 is 17.2 Å². The molecular formula is C20H23ClN2O3. The van der Waals surface area contributed by atoms with Crippen LogP contribution in [0, 0.1) is 19.3 Å². The van der Waals surface area contributed by atoms with Crippen LogP contribution < -0.4 is 15.4 Å². The average molecular weight is 375 g/mol. The third-order valence-corrected chi connectivity index (χ3v) is 4.55. The van der Waals surface area contributed by atoms with E-state index >= 15 is 0 Å². The third kappa shape index (κ3) is 4.35. The Labute approximate surface area is 158 Å². The van der Waals surface area contributed by atoms with Crippen LogP contribution in [0.4, 0.5) is 11.4 Å². The predicted octanol–water partition coefficient (Wildman–Crippen LogP) is 4.57. The summed E-state index contributed by atoms with van der Waals surface area (Å²) >= 11 is 6.09. The Bertz CT molecular complexity index is 847. The molecule has 0 radical (unpaired) electrons. The summed E-state index contributed by atoms with van der Waals surface area (Å²) in [5.41, 5.74) is 1.64. The van der Waals surface area contributed by atoms with Crippen molar-refractivity contribution in [1.29, 1.82) is 0 Å². The Balaban J connectivity index is 2.19. The second kappa shape index (κ2) is 7.79. The highest BCUT2D eigenvalue weighted by Gasteiger charge is 2.36. The summed E-state index contributed by atoms with van der Waals surface area (Å²) in [6.07, 6.45) is 0. The van der Waals surface area contributed by atoms with E-state index in [0.717, 1.165) is 11.1 Å². The molecular weight excluding hydrogens is 352 g/mol. The lowest BCUT2D eigenvalue weighted by atomic mass is 9.90. The van der Waals surface area contributed by atoms with Gasteiger partial charge in [0.2, 0.25) is 11.8 Å². The molecule has 0 atom stereocenters. The lowest BCUT2D eigenvalue weighted by molar-refractivity contribution is -0.135. The number of amides is 2. The molecule has 2 N–H and O–H groups in total. The maximum absolute atomic E-state index is 12.7. The van der Waals surface area contributed by atoms with Crippen LogP contribution in [0.25, 0.3) is 0 Å². The summed E-state index contributed by atoms with van der Waals surface area (Å²) in [4.78, 5) is 25.4. The molecule has 0 saturated heterocycles. The monoisotopic (exact) mass is 374 g/mol. The lowest BCUT2D eigenvalue weighted by Gasteiger charge is -2.23. The van der Waals surface area contributed by atoms with Crippen molar-refractivity contribution in [2.45, 2.75) is 27.7 Å². The molecule has 0 unspecified atom stereocenters. The van der Waals surface area contributed by atoms with Gasteiger partial charge in [0.05, 0.1) is 12.8 Å². The second-order valence-corrected chi connectivity index (χ2v) is 7.11. The minimum atomic E-state index is -1.29. The molecule has 0 spiro atoms. The maximum atomic E-state index is 12.7. The first-order valence-electron chi connectivity index (χ1n) is 8.19. The molecule has 2 rings (SSSR count). The van der Waals surface area contributed by atoms with Gasteiger partial charge < -0.3 is 15.4 Å². The smallest absolute Gasteiger partial charge is 0.239 e. The largest absolute Gasteiger partial charge is 0.495 e. The molecule has 2 amide bonds. The Morgan fingerprint density at radius 1 is 1.04 bits per heavy atom. The van der Waals surface area contributed by atoms with E-state index in [2.05, 4.69) is 10.6 Å². The summed E-state index contributed by atoms with van der Waals surface area (Å²) in [5, 5.41) is 6.09. The van der Waals surface area contributed by atoms with Crippen LogP contribution in [0.1, 0.15) is 25.0 Å². The van der Waals surface area contributed by atoms with Gasteiger partial charge in [-0.3, -0.25) is 9.59 Å². The molecule has 6 heteroatoms. The Morgan fingerprint density at radius 2 is 1.69 bits per heavy atom. The van der Waals surface area contributed by atoms with Crippen molar-refractivity contribution in [3.05, 3.63) is 52.5 Å². The molecule has 0 aliphatic rings. The van der Waals surface area contributed by atoms with Crippen molar-refractivity contribution in [3.8, 4) is 5.75 Å². The van der Waals surface area contributed by atoms with E-state index in [4.69, 9.17) is 16.3 Å². The minimum absolute atomic E-state index is 0.398. The highest BCUT2D eigenvalue weighted by Crippen LogP contribution is 2.32. The number of rotatable bonds is 5. The summed E-state index contributed by atoms with van der Waals surface area (Å²) in [6.45, 7) is 6.90. The van der Waals surface area contributed by atoms with E-state index in [1.807, 2.05) is 32.0 Å². The van der Waals surface area contributed by atoms with Crippen molar-refractivity contribution < 1.29 is 14.3 Å². The molecule has 26 heavy (non-hydrogen) atoms. The SMILES string of the molecule is COc1cc(Cl)c(C)cc1NC(=O)C(C)(C)C(=O)Nc1cccc(C)c1. The minimum Gasteiger partial charge on any atom is -0.495 e. The molecule has 0 aliphatic carbocycles. The molecule has 0 heterocycles. The topological polar surface area (TPSA) is 67.4 Å². The number of anilines is 2. The lowest BCUT2D eigenvalue weighted by Crippen LogP contribution is -2.41. The van der Waals surface area contributed by atoms with Crippen molar-refractivity contribution in [1.82, 2.24) is 0 Å². The van der Waals surface area contributed by atoms with E-state index in [9.17, 15) is 9.59 Å². The van der Waals surface area contributed by atoms with Gasteiger partial charge in [0.15, 0.2) is 0 Å². The highest BCUT2D eigenvalue weighted by atomic mass is 35.5. The van der Waals surface area contributed by atoms with Crippen LogP contribution in [0.15, 0.2) is 36.4 Å². The Kier molecular flexibility index (Phi) is 5.93. The predicted molar refractivity (Wildman–Crippen MR) is 105 cm³/mol. The second-order valence-electron chi connectivity index (χ2n) is 6.70. The van der Waals surface area contributed by atoms with Crippen molar-refractivity contribution >= 4 is 34.8 Å². The zero-order valence-electron chi connectivity index (χ0n) is 15.6. The Morgan fingerprint density at radius 3 is 2.31 bits per heavy atom. The van der Waals surface area contributed by atoms with Gasteiger partial charge in [0.25, 0.3) is 0 Å². The fourth-order valence-electron chi connectivity index (χ4n) is 2.32. The molecule has 0 aromatic heterocycles. The molecule has 5 nitrogen and oxygen atoms in total. The first-order chi connectivity index (χ1) is 12.1. The standard InChI is InChI=1S/C20H23ClN2O3/c1-12-7-6-8-14(9-12)22-18(24)20(3,4)19(25)23-16-10-13(2)15(21)11-17(16)26-5/h6-11H,1-5H3,(H,22,24)(H,23,25). The van der Waals surface area contributed by atoms with Crippen molar-refractivity contribution in [2.24, 2.45) is 5.41 Å². The van der Waals surface area contributed by atoms with E-state index in [0.29, 0.717) is 22.1 Å². The number of carbonyl (C=O) groups excluding carboxylic acids is 2. The summed E-state index contributed by atoms with van der Waals surface area (Å²) in [5.74, 6) is -0.406. The fourth-order valence-corrected chi connectivity index (χ4v) is 2.48. The van der Waals surface area contributed by atoms with E-state index in [-0.39, 0.29) is 0 Å². The van der Waals surface area contributed by atoms with Crippen LogP contribution in [0.2, 0.25) is 5.02 Å². The molecule has 0 aliphatic heterocycles. The van der Waals surface area contributed by atoms with Gasteiger partial charge in [-0.2, -0.15) is 0 Å². The number of nitrogens with one attached hydrogen (secondary N) is 2. The van der Waals surface area contributed by atoms with Gasteiger partial charge in [-0.15, -0.1) is 0 Å². The highest BCUT2D eigenvalue weighted by molar-refractivity contribution is 6.31. The zero-order chi connectivity index (χ0) is 19.5. The van der Waals surface area contributed by atoms with Gasteiger partial charge in [-0.1, -0.05) is 23.7 Å². The third-order valence-electron chi connectivity index (χ3n) is 4.14. The van der Waals surface area contributed by atoms with E-state index in [1.165, 1.54) is 7.11 Å². The fraction of sp³-hybridized carbons (Fsp3) is 0.300. The average Bonchev–Trinajstić information content (AvgIpc) is 2.57. The molecule has 138 valence electrons. The number of benzene rings is 2. The number of ether oxygens (including phenoxy) is 1. The number of carbonyl (C=O) groups is 2. The van der Waals surface area contributed by atoms with Crippen LogP contribution in [-0.2, 0) is 9.59 Å². The van der Waals surface area contributed by atoms with Crippen LogP contribution in [-0.4, -0.2) is 18.9 Å². The molecule has 2 aromatic carbocycles. The van der Waals surface area contributed by atoms with Gasteiger partial charge in [0.1, 0.15) is 11.2 Å².